The van der Waals surface area contributed by atoms with E-state index in [4.69, 9.17) is 21.3 Å². The van der Waals surface area contributed by atoms with Gasteiger partial charge in [0, 0.05) is 21.8 Å². The lowest BCUT2D eigenvalue weighted by Gasteiger charge is -2.16. The SMILES string of the molecule is COc1ccc(-c2cc(-c3ccc(Cl)cc3)c(C#N)c(SC(C)C(=O)Nc3ccc(C)cc3)n2)cc1. The van der Waals surface area contributed by atoms with Crippen molar-refractivity contribution >= 4 is 35.0 Å². The van der Waals surface area contributed by atoms with E-state index in [1.165, 1.54) is 11.8 Å². The Morgan fingerprint density at radius 2 is 1.67 bits per heavy atom. The number of nitrogens with zero attached hydrogens (tertiary/aromatic N) is 2. The first-order valence-corrected chi connectivity index (χ1v) is 12.5. The Hall–Kier alpha value is -3.79. The number of benzene rings is 3. The molecule has 0 aliphatic heterocycles. The zero-order chi connectivity index (χ0) is 25.7. The number of thioether (sulfide) groups is 1. The molecular formula is C29H24ClN3O2S. The molecule has 7 heteroatoms. The number of carbonyl (C=O) groups is 1. The fraction of sp³-hybridized carbons (Fsp3) is 0.138. The van der Waals surface area contributed by atoms with Crippen LogP contribution >= 0.6 is 23.4 Å². The summed E-state index contributed by atoms with van der Waals surface area (Å²) >= 11 is 7.36. The number of aromatic nitrogens is 1. The summed E-state index contributed by atoms with van der Waals surface area (Å²) < 4.78 is 5.28. The van der Waals surface area contributed by atoms with E-state index in [1.807, 2.05) is 73.7 Å². The summed E-state index contributed by atoms with van der Waals surface area (Å²) in [7, 11) is 1.62. The van der Waals surface area contributed by atoms with Gasteiger partial charge in [0.05, 0.1) is 23.6 Å². The Balaban J connectivity index is 1.73. The van der Waals surface area contributed by atoms with Crippen molar-refractivity contribution in [1.29, 1.82) is 5.26 Å². The van der Waals surface area contributed by atoms with E-state index in [0.717, 1.165) is 33.7 Å². The molecular weight excluding hydrogens is 490 g/mol. The monoisotopic (exact) mass is 513 g/mol. The molecule has 4 aromatic rings. The van der Waals surface area contributed by atoms with Crippen LogP contribution in [0.3, 0.4) is 0 Å². The van der Waals surface area contributed by atoms with Crippen molar-refractivity contribution in [2.24, 2.45) is 0 Å². The second-order valence-corrected chi connectivity index (χ2v) is 9.96. The van der Waals surface area contributed by atoms with Gasteiger partial charge in [-0.3, -0.25) is 4.79 Å². The van der Waals surface area contributed by atoms with Gasteiger partial charge < -0.3 is 10.1 Å². The van der Waals surface area contributed by atoms with Crippen LogP contribution in [0.25, 0.3) is 22.4 Å². The van der Waals surface area contributed by atoms with Crippen molar-refractivity contribution in [3.63, 3.8) is 0 Å². The van der Waals surface area contributed by atoms with Gasteiger partial charge in [0.2, 0.25) is 5.91 Å². The Morgan fingerprint density at radius 3 is 2.28 bits per heavy atom. The molecule has 1 unspecified atom stereocenters. The van der Waals surface area contributed by atoms with Crippen LogP contribution in [-0.2, 0) is 4.79 Å². The highest BCUT2D eigenvalue weighted by molar-refractivity contribution is 8.00. The van der Waals surface area contributed by atoms with Crippen LogP contribution in [0.4, 0.5) is 5.69 Å². The first-order chi connectivity index (χ1) is 17.4. The molecule has 0 saturated heterocycles. The molecule has 1 aromatic heterocycles. The van der Waals surface area contributed by atoms with E-state index in [1.54, 1.807) is 26.2 Å². The number of pyridine rings is 1. The number of methoxy groups -OCH3 is 1. The maximum atomic E-state index is 12.9. The lowest BCUT2D eigenvalue weighted by molar-refractivity contribution is -0.115. The molecule has 0 fully saturated rings. The minimum atomic E-state index is -0.491. The first kappa shape index (κ1) is 25.3. The van der Waals surface area contributed by atoms with E-state index in [-0.39, 0.29) is 5.91 Å². The number of ether oxygens (including phenoxy) is 1. The van der Waals surface area contributed by atoms with Gasteiger partial charge in [-0.15, -0.1) is 0 Å². The molecule has 5 nitrogen and oxygen atoms in total. The molecule has 1 N–H and O–H groups in total. The van der Waals surface area contributed by atoms with Crippen molar-refractivity contribution in [3.05, 3.63) is 95.0 Å². The van der Waals surface area contributed by atoms with Crippen LogP contribution < -0.4 is 10.1 Å². The molecule has 0 saturated carbocycles. The Kier molecular flexibility index (Phi) is 7.94. The zero-order valence-electron chi connectivity index (χ0n) is 20.1. The number of aryl methyl sites for hydroxylation is 1. The molecule has 1 atom stereocenters. The summed E-state index contributed by atoms with van der Waals surface area (Å²) in [5, 5.41) is 13.7. The second-order valence-electron chi connectivity index (χ2n) is 8.20. The van der Waals surface area contributed by atoms with E-state index >= 15 is 0 Å². The molecule has 180 valence electrons. The topological polar surface area (TPSA) is 75.0 Å². The average molecular weight is 514 g/mol. The molecule has 36 heavy (non-hydrogen) atoms. The van der Waals surface area contributed by atoms with Crippen molar-refractivity contribution in [2.45, 2.75) is 24.1 Å². The Bertz CT molecular complexity index is 1410. The highest BCUT2D eigenvalue weighted by Crippen LogP contribution is 2.36. The van der Waals surface area contributed by atoms with Gasteiger partial charge in [-0.1, -0.05) is 53.2 Å². The minimum absolute atomic E-state index is 0.169. The van der Waals surface area contributed by atoms with E-state index in [2.05, 4.69) is 11.4 Å². The Labute approximate surface area is 220 Å². The first-order valence-electron chi connectivity index (χ1n) is 11.3. The molecule has 0 bridgehead atoms. The summed E-state index contributed by atoms with van der Waals surface area (Å²) in [4.78, 5) is 17.8. The van der Waals surface area contributed by atoms with E-state index in [0.29, 0.717) is 21.3 Å². The standard InChI is InChI=1S/C29H24ClN3O2S/c1-18-4-12-23(13-5-18)32-28(34)19(2)36-29-26(17-31)25(20-6-10-22(30)11-7-20)16-27(33-29)21-8-14-24(35-3)15-9-21/h4-16,19H,1-3H3,(H,32,34). The molecule has 0 spiro atoms. The van der Waals surface area contributed by atoms with Crippen LogP contribution in [0.15, 0.2) is 83.9 Å². The number of nitrogens with one attached hydrogen (secondary N) is 1. The third kappa shape index (κ3) is 5.88. The van der Waals surface area contributed by atoms with Gasteiger partial charge in [0.15, 0.2) is 0 Å². The second kappa shape index (κ2) is 11.3. The summed E-state index contributed by atoms with van der Waals surface area (Å²) in [5.41, 5.74) is 5.37. The molecule has 4 rings (SSSR count). The number of hydrogen-bond acceptors (Lipinski definition) is 5. The molecule has 1 heterocycles. The maximum absolute atomic E-state index is 12.9. The predicted octanol–water partition coefficient (Wildman–Crippen LogP) is 7.38. The number of halogens is 1. The highest BCUT2D eigenvalue weighted by atomic mass is 35.5. The third-order valence-electron chi connectivity index (χ3n) is 5.62. The molecule has 0 aliphatic rings. The quantitative estimate of drug-likeness (QED) is 0.261. The van der Waals surface area contributed by atoms with Crippen LogP contribution in [0.1, 0.15) is 18.1 Å². The number of hydrogen-bond donors (Lipinski definition) is 1. The van der Waals surface area contributed by atoms with Gasteiger partial charge in [-0.05, 0) is 74.0 Å². The lowest BCUT2D eigenvalue weighted by Crippen LogP contribution is -2.22. The maximum Gasteiger partial charge on any atom is 0.237 e. The number of nitriles is 1. The van der Waals surface area contributed by atoms with Crippen molar-refractivity contribution in [1.82, 2.24) is 4.98 Å². The average Bonchev–Trinajstić information content (AvgIpc) is 2.90. The van der Waals surface area contributed by atoms with Gasteiger partial charge in [0.25, 0.3) is 0 Å². The van der Waals surface area contributed by atoms with Crippen LogP contribution in [-0.4, -0.2) is 23.3 Å². The van der Waals surface area contributed by atoms with Gasteiger partial charge in [-0.2, -0.15) is 5.26 Å². The number of amides is 1. The predicted molar refractivity (Wildman–Crippen MR) is 147 cm³/mol. The van der Waals surface area contributed by atoms with Crippen LogP contribution in [0.2, 0.25) is 5.02 Å². The van der Waals surface area contributed by atoms with Crippen molar-refractivity contribution in [3.8, 4) is 34.2 Å². The zero-order valence-corrected chi connectivity index (χ0v) is 21.7. The van der Waals surface area contributed by atoms with Gasteiger partial charge in [-0.25, -0.2) is 4.98 Å². The van der Waals surface area contributed by atoms with E-state index in [9.17, 15) is 10.1 Å². The number of rotatable bonds is 7. The third-order valence-corrected chi connectivity index (χ3v) is 6.95. The summed E-state index contributed by atoms with van der Waals surface area (Å²) in [6, 6.07) is 26.7. The summed E-state index contributed by atoms with van der Waals surface area (Å²) in [5.74, 6) is 0.568. The van der Waals surface area contributed by atoms with E-state index < -0.39 is 5.25 Å². The number of anilines is 1. The largest absolute Gasteiger partial charge is 0.497 e. The fourth-order valence-electron chi connectivity index (χ4n) is 3.58. The highest BCUT2D eigenvalue weighted by Gasteiger charge is 2.21. The number of carbonyl (C=O) groups excluding carboxylic acids is 1. The minimum Gasteiger partial charge on any atom is -0.497 e. The summed E-state index contributed by atoms with van der Waals surface area (Å²) in [6.07, 6.45) is 0. The smallest absolute Gasteiger partial charge is 0.237 e. The van der Waals surface area contributed by atoms with Crippen molar-refractivity contribution in [2.75, 3.05) is 12.4 Å². The van der Waals surface area contributed by atoms with Crippen LogP contribution in [0.5, 0.6) is 5.75 Å². The molecule has 0 radical (unpaired) electrons. The molecule has 3 aromatic carbocycles. The fourth-order valence-corrected chi connectivity index (χ4v) is 4.63. The van der Waals surface area contributed by atoms with Crippen molar-refractivity contribution < 1.29 is 9.53 Å². The molecule has 0 aliphatic carbocycles. The summed E-state index contributed by atoms with van der Waals surface area (Å²) in [6.45, 7) is 3.80. The normalized spacial score (nSPS) is 11.4. The Morgan fingerprint density at radius 1 is 1.03 bits per heavy atom. The van der Waals surface area contributed by atoms with Gasteiger partial charge >= 0.3 is 0 Å². The lowest BCUT2D eigenvalue weighted by atomic mass is 9.99. The van der Waals surface area contributed by atoms with Crippen LogP contribution in [0, 0.1) is 18.3 Å². The van der Waals surface area contributed by atoms with Gasteiger partial charge in [0.1, 0.15) is 16.8 Å². The molecule has 1 amide bonds.